The van der Waals surface area contributed by atoms with Gasteiger partial charge in [0.15, 0.2) is 0 Å². The maximum Gasteiger partial charge on any atom is 0.246 e. The number of piperazine rings is 1. The van der Waals surface area contributed by atoms with Gasteiger partial charge in [-0.2, -0.15) is 0 Å². The molecule has 1 heterocycles. The van der Waals surface area contributed by atoms with Crippen molar-refractivity contribution in [2.45, 2.75) is 19.4 Å². The van der Waals surface area contributed by atoms with Gasteiger partial charge in [0, 0.05) is 11.7 Å². The Kier molecular flexibility index (Phi) is 3.62. The van der Waals surface area contributed by atoms with Crippen molar-refractivity contribution in [3.63, 3.8) is 0 Å². The van der Waals surface area contributed by atoms with Crippen molar-refractivity contribution < 1.29 is 9.59 Å². The van der Waals surface area contributed by atoms with E-state index in [0.29, 0.717) is 0 Å². The fraction of sp³-hybridized carbons (Fsp3) is 0.385. The summed E-state index contributed by atoms with van der Waals surface area (Å²) in [4.78, 5) is 24.3. The van der Waals surface area contributed by atoms with Crippen molar-refractivity contribution in [3.8, 4) is 0 Å². The van der Waals surface area contributed by atoms with E-state index in [9.17, 15) is 9.59 Å². The Morgan fingerprint density at radius 3 is 2.28 bits per heavy atom. The zero-order chi connectivity index (χ0) is 13.1. The van der Waals surface area contributed by atoms with Crippen LogP contribution in [0.1, 0.15) is 24.9 Å². The number of benzene rings is 1. The lowest BCUT2D eigenvalue weighted by molar-refractivity contribution is -0.130. The number of nitrogens with zero attached hydrogens (tertiary/aromatic N) is 1. The van der Waals surface area contributed by atoms with Crippen LogP contribution in [0.5, 0.6) is 0 Å². The van der Waals surface area contributed by atoms with Gasteiger partial charge in [-0.3, -0.25) is 14.9 Å². The molecule has 0 aliphatic carbocycles. The summed E-state index contributed by atoms with van der Waals surface area (Å²) >= 11 is 0. The van der Waals surface area contributed by atoms with Gasteiger partial charge in [-0.05, 0) is 24.1 Å². The topological polar surface area (TPSA) is 75.4 Å². The number of rotatable bonds is 3. The Hall–Kier alpha value is -1.88. The van der Waals surface area contributed by atoms with E-state index in [-0.39, 0.29) is 30.9 Å². The largest absolute Gasteiger partial charge is 0.353 e. The predicted molar refractivity (Wildman–Crippen MR) is 69.0 cm³/mol. The second-order valence-electron chi connectivity index (χ2n) is 4.43. The summed E-state index contributed by atoms with van der Waals surface area (Å²) in [6.07, 6.45) is 0.879. The van der Waals surface area contributed by atoms with Crippen molar-refractivity contribution in [3.05, 3.63) is 29.8 Å². The van der Waals surface area contributed by atoms with Crippen LogP contribution in [0.15, 0.2) is 24.3 Å². The van der Waals surface area contributed by atoms with Crippen LogP contribution in [-0.4, -0.2) is 24.9 Å². The number of carbonyl (C=O) groups is 2. The number of anilines is 1. The zero-order valence-electron chi connectivity index (χ0n) is 10.3. The van der Waals surface area contributed by atoms with E-state index in [2.05, 4.69) is 5.32 Å². The van der Waals surface area contributed by atoms with Gasteiger partial charge < -0.3 is 10.6 Å². The molecule has 1 fully saturated rings. The number of nitrogens with one attached hydrogen (secondary N) is 1. The molecule has 2 rings (SSSR count). The summed E-state index contributed by atoms with van der Waals surface area (Å²) < 4.78 is 0. The number of hydrogen-bond donors (Lipinski definition) is 2. The van der Waals surface area contributed by atoms with Crippen molar-refractivity contribution in [1.29, 1.82) is 0 Å². The molecule has 1 saturated heterocycles. The van der Waals surface area contributed by atoms with E-state index in [1.807, 2.05) is 31.2 Å². The number of amides is 2. The molecule has 0 saturated carbocycles. The van der Waals surface area contributed by atoms with Gasteiger partial charge in [-0.1, -0.05) is 19.1 Å². The van der Waals surface area contributed by atoms with E-state index in [1.165, 1.54) is 0 Å². The SMILES string of the molecule is CC[C@@H](N)c1ccc(N2CC(=O)NC(=O)C2)cc1. The minimum Gasteiger partial charge on any atom is -0.353 e. The summed E-state index contributed by atoms with van der Waals surface area (Å²) in [5, 5.41) is 2.28. The normalized spacial score (nSPS) is 17.6. The third kappa shape index (κ3) is 2.68. The average Bonchev–Trinajstić information content (AvgIpc) is 2.37. The van der Waals surface area contributed by atoms with Gasteiger partial charge in [-0.25, -0.2) is 0 Å². The monoisotopic (exact) mass is 247 g/mol. The number of hydrogen-bond acceptors (Lipinski definition) is 4. The molecule has 1 aromatic carbocycles. The lowest BCUT2D eigenvalue weighted by Gasteiger charge is -2.27. The molecule has 0 radical (unpaired) electrons. The molecule has 1 atom stereocenters. The van der Waals surface area contributed by atoms with E-state index in [4.69, 9.17) is 5.73 Å². The van der Waals surface area contributed by atoms with Gasteiger partial charge in [0.05, 0.1) is 13.1 Å². The highest BCUT2D eigenvalue weighted by molar-refractivity contribution is 6.02. The Morgan fingerprint density at radius 1 is 1.22 bits per heavy atom. The first-order chi connectivity index (χ1) is 8.60. The van der Waals surface area contributed by atoms with Crippen LogP contribution >= 0.6 is 0 Å². The first-order valence-corrected chi connectivity index (χ1v) is 6.03. The van der Waals surface area contributed by atoms with Crippen molar-refractivity contribution in [2.24, 2.45) is 5.73 Å². The second kappa shape index (κ2) is 5.18. The van der Waals surface area contributed by atoms with E-state index >= 15 is 0 Å². The van der Waals surface area contributed by atoms with E-state index in [1.54, 1.807) is 4.90 Å². The molecule has 96 valence electrons. The molecule has 1 aliphatic rings. The van der Waals surface area contributed by atoms with Gasteiger partial charge in [0.2, 0.25) is 11.8 Å². The molecule has 5 nitrogen and oxygen atoms in total. The third-order valence-corrected chi connectivity index (χ3v) is 3.07. The number of imide groups is 1. The zero-order valence-corrected chi connectivity index (χ0v) is 10.3. The smallest absolute Gasteiger partial charge is 0.246 e. The lowest BCUT2D eigenvalue weighted by atomic mass is 10.0. The molecular weight excluding hydrogens is 230 g/mol. The lowest BCUT2D eigenvalue weighted by Crippen LogP contribution is -2.51. The first-order valence-electron chi connectivity index (χ1n) is 6.03. The molecular formula is C13H17N3O2. The molecule has 2 amide bonds. The van der Waals surface area contributed by atoms with Crippen LogP contribution in [0.4, 0.5) is 5.69 Å². The standard InChI is InChI=1S/C13H17N3O2/c1-2-11(14)9-3-5-10(6-4-9)16-7-12(17)15-13(18)8-16/h3-6,11H,2,7-8,14H2,1H3,(H,15,17,18)/t11-/m1/s1. The molecule has 1 aliphatic heterocycles. The van der Waals surface area contributed by atoms with Gasteiger partial charge in [0.25, 0.3) is 0 Å². The van der Waals surface area contributed by atoms with Crippen LogP contribution in [0, 0.1) is 0 Å². The average molecular weight is 247 g/mol. The third-order valence-electron chi connectivity index (χ3n) is 3.07. The molecule has 0 unspecified atom stereocenters. The molecule has 18 heavy (non-hydrogen) atoms. The molecule has 3 N–H and O–H groups in total. The van der Waals surface area contributed by atoms with E-state index < -0.39 is 0 Å². The minimum atomic E-state index is -0.263. The molecule has 5 heteroatoms. The molecule has 0 spiro atoms. The van der Waals surface area contributed by atoms with Crippen LogP contribution < -0.4 is 16.0 Å². The molecule has 0 bridgehead atoms. The summed E-state index contributed by atoms with van der Waals surface area (Å²) in [5.41, 5.74) is 7.86. The highest BCUT2D eigenvalue weighted by Crippen LogP contribution is 2.20. The summed E-state index contributed by atoms with van der Waals surface area (Å²) in [7, 11) is 0. The number of nitrogens with two attached hydrogens (primary N) is 1. The van der Waals surface area contributed by atoms with Crippen LogP contribution in [-0.2, 0) is 9.59 Å². The fourth-order valence-corrected chi connectivity index (χ4v) is 1.99. The fourth-order valence-electron chi connectivity index (χ4n) is 1.99. The maximum atomic E-state index is 11.3. The maximum absolute atomic E-state index is 11.3. The summed E-state index contributed by atoms with van der Waals surface area (Å²) in [6.45, 7) is 2.46. The second-order valence-corrected chi connectivity index (χ2v) is 4.43. The van der Waals surface area contributed by atoms with E-state index in [0.717, 1.165) is 17.7 Å². The highest BCUT2D eigenvalue weighted by atomic mass is 16.2. The van der Waals surface area contributed by atoms with Crippen molar-refractivity contribution in [2.75, 3.05) is 18.0 Å². The Morgan fingerprint density at radius 2 is 1.78 bits per heavy atom. The highest BCUT2D eigenvalue weighted by Gasteiger charge is 2.22. The van der Waals surface area contributed by atoms with Crippen molar-refractivity contribution >= 4 is 17.5 Å². The van der Waals surface area contributed by atoms with Crippen molar-refractivity contribution in [1.82, 2.24) is 5.32 Å². The number of carbonyl (C=O) groups excluding carboxylic acids is 2. The summed E-state index contributed by atoms with van der Waals surface area (Å²) in [5.74, 6) is -0.527. The quantitative estimate of drug-likeness (QED) is 0.765. The predicted octanol–water partition coefficient (Wildman–Crippen LogP) is 0.559. The van der Waals surface area contributed by atoms with Gasteiger partial charge >= 0.3 is 0 Å². The first kappa shape index (κ1) is 12.6. The van der Waals surface area contributed by atoms with Gasteiger partial charge in [0.1, 0.15) is 0 Å². The Bertz CT molecular complexity index is 440. The van der Waals surface area contributed by atoms with Gasteiger partial charge in [-0.15, -0.1) is 0 Å². The van der Waals surface area contributed by atoms with Crippen LogP contribution in [0.25, 0.3) is 0 Å². The Balaban J connectivity index is 2.14. The summed E-state index contributed by atoms with van der Waals surface area (Å²) in [6, 6.07) is 7.72. The minimum absolute atomic E-state index is 0.0327. The van der Waals surface area contributed by atoms with Crippen LogP contribution in [0.2, 0.25) is 0 Å². The molecule has 0 aromatic heterocycles. The molecule has 1 aromatic rings. The Labute approximate surface area is 106 Å². The van der Waals surface area contributed by atoms with Crippen LogP contribution in [0.3, 0.4) is 0 Å².